The van der Waals surface area contributed by atoms with Crippen molar-refractivity contribution in [3.05, 3.63) is 10.9 Å². The van der Waals surface area contributed by atoms with Crippen LogP contribution in [0.2, 0.25) is 0 Å². The molecular weight excluding hydrogens is 268 g/mol. The first-order valence-corrected chi connectivity index (χ1v) is 8.31. The summed E-state index contributed by atoms with van der Waals surface area (Å²) in [7, 11) is 2.16. The molecule has 108 valence electrons. The Hall–Kier alpha value is -1.36. The second-order valence-electron chi connectivity index (χ2n) is 5.42. The molecule has 1 N–H and O–H groups in total. The van der Waals surface area contributed by atoms with E-state index in [4.69, 9.17) is 4.98 Å². The largest absolute Gasteiger partial charge is 0.356 e. The molecule has 0 aromatic carbocycles. The molecule has 1 aliphatic rings. The second kappa shape index (κ2) is 5.56. The highest BCUT2D eigenvalue weighted by molar-refractivity contribution is 7.18. The van der Waals surface area contributed by atoms with Crippen LogP contribution in [0.15, 0.2) is 6.07 Å². The lowest BCUT2D eigenvalue weighted by molar-refractivity contribution is 0.889. The van der Waals surface area contributed by atoms with Crippen LogP contribution < -0.4 is 10.2 Å². The number of rotatable bonds is 6. The molecular formula is C15H22N4S. The average Bonchev–Trinajstić information content (AvgIpc) is 3.22. The van der Waals surface area contributed by atoms with Crippen LogP contribution in [0.4, 0.5) is 11.8 Å². The summed E-state index contributed by atoms with van der Waals surface area (Å²) in [5, 5.41) is 4.54. The Bertz CT molecular complexity index is 603. The van der Waals surface area contributed by atoms with Crippen molar-refractivity contribution >= 4 is 33.3 Å². The number of nitrogens with zero attached hydrogens (tertiary/aromatic N) is 3. The third-order valence-electron chi connectivity index (χ3n) is 3.73. The highest BCUT2D eigenvalue weighted by atomic mass is 32.1. The molecule has 1 fully saturated rings. The van der Waals surface area contributed by atoms with Crippen molar-refractivity contribution in [2.45, 2.75) is 45.6 Å². The third kappa shape index (κ3) is 2.59. The van der Waals surface area contributed by atoms with Gasteiger partial charge >= 0.3 is 0 Å². The monoisotopic (exact) mass is 290 g/mol. The van der Waals surface area contributed by atoms with Gasteiger partial charge in [-0.15, -0.1) is 11.3 Å². The van der Waals surface area contributed by atoms with E-state index in [1.807, 2.05) is 0 Å². The molecule has 3 rings (SSSR count). The first kappa shape index (κ1) is 13.6. The van der Waals surface area contributed by atoms with Gasteiger partial charge in [0.2, 0.25) is 5.95 Å². The van der Waals surface area contributed by atoms with E-state index >= 15 is 0 Å². The van der Waals surface area contributed by atoms with E-state index < -0.39 is 0 Å². The summed E-state index contributed by atoms with van der Waals surface area (Å²) in [6, 6.07) is 2.93. The fourth-order valence-electron chi connectivity index (χ4n) is 2.35. The number of hydrogen-bond acceptors (Lipinski definition) is 5. The number of hydrogen-bond donors (Lipinski definition) is 1. The van der Waals surface area contributed by atoms with Gasteiger partial charge in [0.15, 0.2) is 0 Å². The highest BCUT2D eigenvalue weighted by Gasteiger charge is 2.29. The van der Waals surface area contributed by atoms with Crippen molar-refractivity contribution in [3.8, 4) is 0 Å². The lowest BCUT2D eigenvalue weighted by Crippen LogP contribution is -2.21. The molecule has 5 heteroatoms. The normalized spacial score (nSPS) is 14.8. The zero-order valence-electron chi connectivity index (χ0n) is 12.4. The number of thiophene rings is 1. The van der Waals surface area contributed by atoms with Gasteiger partial charge < -0.3 is 10.2 Å². The second-order valence-corrected chi connectivity index (χ2v) is 6.54. The van der Waals surface area contributed by atoms with Gasteiger partial charge in [-0.2, -0.15) is 4.98 Å². The van der Waals surface area contributed by atoms with Gasteiger partial charge in [-0.1, -0.05) is 13.8 Å². The van der Waals surface area contributed by atoms with Gasteiger partial charge in [-0.05, 0) is 31.7 Å². The topological polar surface area (TPSA) is 41.1 Å². The molecule has 4 nitrogen and oxygen atoms in total. The standard InChI is InChI=1S/C15H22N4S/c1-4-8-16-15-17-13(19(3)10-6-7-10)12-9-11(5-2)20-14(12)18-15/h9-10H,4-8H2,1-3H3,(H,16,17,18). The number of aryl methyl sites for hydroxylation is 1. The molecule has 0 spiro atoms. The van der Waals surface area contributed by atoms with Gasteiger partial charge in [-0.25, -0.2) is 4.98 Å². The van der Waals surface area contributed by atoms with E-state index in [-0.39, 0.29) is 0 Å². The Balaban J connectivity index is 2.04. The van der Waals surface area contributed by atoms with Gasteiger partial charge in [0.1, 0.15) is 10.6 Å². The van der Waals surface area contributed by atoms with Crippen molar-refractivity contribution < 1.29 is 0 Å². The van der Waals surface area contributed by atoms with Crippen LogP contribution in [0.3, 0.4) is 0 Å². The summed E-state index contributed by atoms with van der Waals surface area (Å²) in [6.07, 6.45) is 4.71. The molecule has 0 aliphatic heterocycles. The van der Waals surface area contributed by atoms with Crippen LogP contribution in [0.1, 0.15) is 38.0 Å². The predicted octanol–water partition coefficient (Wildman–Crippen LogP) is 3.67. The van der Waals surface area contributed by atoms with E-state index in [0.717, 1.165) is 36.0 Å². The van der Waals surface area contributed by atoms with Crippen molar-refractivity contribution in [1.29, 1.82) is 0 Å². The summed E-state index contributed by atoms with van der Waals surface area (Å²) in [6.45, 7) is 5.27. The third-order valence-corrected chi connectivity index (χ3v) is 4.91. The molecule has 1 saturated carbocycles. The van der Waals surface area contributed by atoms with Gasteiger partial charge in [0.05, 0.1) is 5.39 Å². The smallest absolute Gasteiger partial charge is 0.226 e. The molecule has 2 aromatic rings. The maximum atomic E-state index is 4.76. The van der Waals surface area contributed by atoms with Crippen LogP contribution in [0, 0.1) is 0 Å². The van der Waals surface area contributed by atoms with Crippen molar-refractivity contribution in [2.24, 2.45) is 0 Å². The van der Waals surface area contributed by atoms with Crippen LogP contribution >= 0.6 is 11.3 Å². The van der Waals surface area contributed by atoms with Crippen molar-refractivity contribution in [2.75, 3.05) is 23.8 Å². The van der Waals surface area contributed by atoms with E-state index in [9.17, 15) is 0 Å². The van der Waals surface area contributed by atoms with Gasteiger partial charge in [-0.3, -0.25) is 0 Å². The maximum absolute atomic E-state index is 4.76. The van der Waals surface area contributed by atoms with E-state index in [1.54, 1.807) is 11.3 Å². The zero-order valence-corrected chi connectivity index (χ0v) is 13.3. The molecule has 0 unspecified atom stereocenters. The average molecular weight is 290 g/mol. The fraction of sp³-hybridized carbons (Fsp3) is 0.600. The molecule has 0 bridgehead atoms. The van der Waals surface area contributed by atoms with Crippen LogP contribution in [0.25, 0.3) is 10.2 Å². The minimum atomic E-state index is 0.664. The van der Waals surface area contributed by atoms with Crippen LogP contribution in [-0.4, -0.2) is 29.6 Å². The van der Waals surface area contributed by atoms with Gasteiger partial charge in [0, 0.05) is 24.5 Å². The van der Waals surface area contributed by atoms with Crippen molar-refractivity contribution in [3.63, 3.8) is 0 Å². The van der Waals surface area contributed by atoms with E-state index in [2.05, 4.69) is 42.2 Å². The molecule has 1 aliphatic carbocycles. The summed E-state index contributed by atoms with van der Waals surface area (Å²) in [5.74, 6) is 1.86. The predicted molar refractivity (Wildman–Crippen MR) is 87.0 cm³/mol. The Labute approximate surface area is 124 Å². The highest BCUT2D eigenvalue weighted by Crippen LogP contribution is 2.36. The zero-order chi connectivity index (χ0) is 14.1. The minimum Gasteiger partial charge on any atom is -0.356 e. The summed E-state index contributed by atoms with van der Waals surface area (Å²) < 4.78 is 0. The minimum absolute atomic E-state index is 0.664. The molecule has 20 heavy (non-hydrogen) atoms. The van der Waals surface area contributed by atoms with E-state index in [0.29, 0.717) is 6.04 Å². The number of fused-ring (bicyclic) bond motifs is 1. The molecule has 0 atom stereocenters. The lowest BCUT2D eigenvalue weighted by Gasteiger charge is -2.19. The Kier molecular flexibility index (Phi) is 3.78. The maximum Gasteiger partial charge on any atom is 0.226 e. The Morgan fingerprint density at radius 3 is 2.80 bits per heavy atom. The SMILES string of the molecule is CCCNc1nc(N(C)C2CC2)c2cc(CC)sc2n1. The number of nitrogens with one attached hydrogen (secondary N) is 1. The van der Waals surface area contributed by atoms with Gasteiger partial charge in [0.25, 0.3) is 0 Å². The van der Waals surface area contributed by atoms with E-state index in [1.165, 1.54) is 23.1 Å². The fourth-order valence-corrected chi connectivity index (χ4v) is 3.31. The molecule has 0 saturated heterocycles. The summed E-state index contributed by atoms with van der Waals surface area (Å²) in [4.78, 5) is 14.2. The number of anilines is 2. The first-order chi connectivity index (χ1) is 9.72. The lowest BCUT2D eigenvalue weighted by atomic mass is 10.3. The molecule has 0 radical (unpaired) electrons. The Morgan fingerprint density at radius 1 is 1.35 bits per heavy atom. The quantitative estimate of drug-likeness (QED) is 0.881. The molecule has 2 aromatic heterocycles. The summed E-state index contributed by atoms with van der Waals surface area (Å²) >= 11 is 1.79. The van der Waals surface area contributed by atoms with Crippen LogP contribution in [0.5, 0.6) is 0 Å². The molecule has 0 amide bonds. The summed E-state index contributed by atoms with van der Waals surface area (Å²) in [5.41, 5.74) is 0. The van der Waals surface area contributed by atoms with Crippen LogP contribution in [-0.2, 0) is 6.42 Å². The molecule has 2 heterocycles. The number of aromatic nitrogens is 2. The Morgan fingerprint density at radius 2 is 2.15 bits per heavy atom. The van der Waals surface area contributed by atoms with Crippen molar-refractivity contribution in [1.82, 2.24) is 9.97 Å². The first-order valence-electron chi connectivity index (χ1n) is 7.50.